The summed E-state index contributed by atoms with van der Waals surface area (Å²) in [4.78, 5) is 8.32. The van der Waals surface area contributed by atoms with Gasteiger partial charge in [0.15, 0.2) is 0 Å². The van der Waals surface area contributed by atoms with E-state index in [9.17, 15) is 8.78 Å². The maximum Gasteiger partial charge on any atom is 0.132 e. The van der Waals surface area contributed by atoms with Crippen LogP contribution in [0.5, 0.6) is 0 Å². The van der Waals surface area contributed by atoms with Gasteiger partial charge in [-0.1, -0.05) is 24.3 Å². The van der Waals surface area contributed by atoms with Crippen LogP contribution in [0.2, 0.25) is 0 Å². The van der Waals surface area contributed by atoms with E-state index in [1.807, 2.05) is 0 Å². The fourth-order valence-electron chi connectivity index (χ4n) is 1.94. The van der Waals surface area contributed by atoms with Crippen LogP contribution in [0.1, 0.15) is 0 Å². The molecule has 0 aliphatic heterocycles. The molecular formula is C16H10F2N2. The lowest BCUT2D eigenvalue weighted by Crippen LogP contribution is -1.92. The highest BCUT2D eigenvalue weighted by Crippen LogP contribution is 2.23. The highest BCUT2D eigenvalue weighted by atomic mass is 19.1. The van der Waals surface area contributed by atoms with E-state index < -0.39 is 0 Å². The lowest BCUT2D eigenvalue weighted by atomic mass is 10.1. The van der Waals surface area contributed by atoms with E-state index in [1.165, 1.54) is 24.5 Å². The lowest BCUT2D eigenvalue weighted by Gasteiger charge is -2.04. The Kier molecular flexibility index (Phi) is 3.21. The van der Waals surface area contributed by atoms with Gasteiger partial charge in [-0.2, -0.15) is 0 Å². The number of rotatable bonds is 2. The summed E-state index contributed by atoms with van der Waals surface area (Å²) in [5.41, 5.74) is 1.59. The molecule has 0 atom stereocenters. The van der Waals surface area contributed by atoms with Gasteiger partial charge in [-0.05, 0) is 24.3 Å². The van der Waals surface area contributed by atoms with Gasteiger partial charge in [-0.25, -0.2) is 8.78 Å². The summed E-state index contributed by atoms with van der Waals surface area (Å²) in [5.74, 6) is -0.721. The summed E-state index contributed by atoms with van der Waals surface area (Å²) in [6.07, 6.45) is 2.89. The Bertz CT molecular complexity index is 675. The number of hydrogen-bond donors (Lipinski definition) is 0. The van der Waals surface area contributed by atoms with Gasteiger partial charge in [-0.15, -0.1) is 0 Å². The minimum Gasteiger partial charge on any atom is -0.252 e. The van der Waals surface area contributed by atoms with Crippen LogP contribution < -0.4 is 0 Å². The van der Waals surface area contributed by atoms with Crippen molar-refractivity contribution in [2.45, 2.75) is 0 Å². The van der Waals surface area contributed by atoms with E-state index in [-0.39, 0.29) is 11.6 Å². The fraction of sp³-hybridized carbons (Fsp3) is 0. The number of aromatic nitrogens is 2. The molecule has 98 valence electrons. The SMILES string of the molecule is Fc1ccccc1-c1cnc(-c2ccccc2F)cn1. The van der Waals surface area contributed by atoms with Crippen molar-refractivity contribution < 1.29 is 8.78 Å². The van der Waals surface area contributed by atoms with Crippen molar-refractivity contribution in [1.29, 1.82) is 0 Å². The predicted molar refractivity (Wildman–Crippen MR) is 72.8 cm³/mol. The van der Waals surface area contributed by atoms with E-state index in [1.54, 1.807) is 36.4 Å². The van der Waals surface area contributed by atoms with Crippen molar-refractivity contribution in [3.63, 3.8) is 0 Å². The zero-order chi connectivity index (χ0) is 13.9. The highest BCUT2D eigenvalue weighted by Gasteiger charge is 2.09. The molecule has 2 nitrogen and oxygen atoms in total. The Balaban J connectivity index is 2.01. The Morgan fingerprint density at radius 1 is 0.600 bits per heavy atom. The molecule has 0 radical (unpaired) electrons. The average molecular weight is 268 g/mol. The van der Waals surface area contributed by atoms with Crippen molar-refractivity contribution >= 4 is 0 Å². The molecule has 0 bridgehead atoms. The van der Waals surface area contributed by atoms with Gasteiger partial charge in [0, 0.05) is 11.1 Å². The van der Waals surface area contributed by atoms with Crippen LogP contribution in [0.25, 0.3) is 22.5 Å². The Hall–Kier alpha value is -2.62. The molecule has 2 aromatic carbocycles. The molecule has 4 heteroatoms. The largest absolute Gasteiger partial charge is 0.252 e. The molecule has 1 heterocycles. The summed E-state index contributed by atoms with van der Waals surface area (Å²) in [7, 11) is 0. The summed E-state index contributed by atoms with van der Waals surface area (Å²) in [5, 5.41) is 0. The minimum absolute atomic E-state index is 0.361. The van der Waals surface area contributed by atoms with Crippen molar-refractivity contribution in [2.75, 3.05) is 0 Å². The standard InChI is InChI=1S/C16H10F2N2/c17-13-7-3-1-5-11(13)15-9-20-16(10-19-15)12-6-2-4-8-14(12)18/h1-10H. The van der Waals surface area contributed by atoms with Crippen LogP contribution in [0.3, 0.4) is 0 Å². The van der Waals surface area contributed by atoms with Crippen molar-refractivity contribution in [1.82, 2.24) is 9.97 Å². The molecule has 0 aliphatic rings. The molecule has 0 saturated carbocycles. The zero-order valence-corrected chi connectivity index (χ0v) is 10.4. The molecule has 0 unspecified atom stereocenters. The Labute approximate surface area is 114 Å². The molecule has 0 N–H and O–H groups in total. The van der Waals surface area contributed by atoms with E-state index in [0.29, 0.717) is 22.5 Å². The molecule has 1 aromatic heterocycles. The second-order valence-electron chi connectivity index (χ2n) is 4.25. The topological polar surface area (TPSA) is 25.8 Å². The van der Waals surface area contributed by atoms with Crippen molar-refractivity contribution in [2.24, 2.45) is 0 Å². The average Bonchev–Trinajstić information content (AvgIpc) is 2.49. The summed E-state index contributed by atoms with van der Waals surface area (Å²) >= 11 is 0. The van der Waals surface area contributed by atoms with Crippen LogP contribution >= 0.6 is 0 Å². The number of halogens is 2. The molecule has 20 heavy (non-hydrogen) atoms. The molecular weight excluding hydrogens is 258 g/mol. The third-order valence-corrected chi connectivity index (χ3v) is 2.95. The first-order chi connectivity index (χ1) is 9.75. The number of nitrogens with zero attached hydrogens (tertiary/aromatic N) is 2. The van der Waals surface area contributed by atoms with Crippen LogP contribution in [0, 0.1) is 11.6 Å². The molecule has 0 amide bonds. The molecule has 0 spiro atoms. The monoisotopic (exact) mass is 268 g/mol. The fourth-order valence-corrected chi connectivity index (χ4v) is 1.94. The number of hydrogen-bond acceptors (Lipinski definition) is 2. The van der Waals surface area contributed by atoms with Gasteiger partial charge < -0.3 is 0 Å². The third kappa shape index (κ3) is 2.28. The Morgan fingerprint density at radius 3 is 1.35 bits per heavy atom. The maximum absolute atomic E-state index is 13.6. The van der Waals surface area contributed by atoms with Gasteiger partial charge >= 0.3 is 0 Å². The lowest BCUT2D eigenvalue weighted by molar-refractivity contribution is 0.629. The van der Waals surface area contributed by atoms with E-state index >= 15 is 0 Å². The normalized spacial score (nSPS) is 10.5. The van der Waals surface area contributed by atoms with E-state index in [0.717, 1.165) is 0 Å². The van der Waals surface area contributed by atoms with E-state index in [2.05, 4.69) is 9.97 Å². The predicted octanol–water partition coefficient (Wildman–Crippen LogP) is 4.09. The van der Waals surface area contributed by atoms with Crippen molar-refractivity contribution in [3.8, 4) is 22.5 Å². The minimum atomic E-state index is -0.361. The first-order valence-electron chi connectivity index (χ1n) is 6.07. The van der Waals surface area contributed by atoms with Gasteiger partial charge in [0.2, 0.25) is 0 Å². The third-order valence-electron chi connectivity index (χ3n) is 2.95. The van der Waals surface area contributed by atoms with Gasteiger partial charge in [-0.3, -0.25) is 9.97 Å². The van der Waals surface area contributed by atoms with Crippen molar-refractivity contribution in [3.05, 3.63) is 72.6 Å². The summed E-state index contributed by atoms with van der Waals surface area (Å²) < 4.78 is 27.3. The summed E-state index contributed by atoms with van der Waals surface area (Å²) in [6, 6.07) is 12.7. The second-order valence-corrected chi connectivity index (χ2v) is 4.25. The van der Waals surface area contributed by atoms with Crippen LogP contribution in [-0.2, 0) is 0 Å². The molecule has 0 aliphatic carbocycles. The van der Waals surface area contributed by atoms with Crippen LogP contribution in [-0.4, -0.2) is 9.97 Å². The van der Waals surface area contributed by atoms with Crippen LogP contribution in [0.4, 0.5) is 8.78 Å². The first kappa shape index (κ1) is 12.4. The van der Waals surface area contributed by atoms with E-state index in [4.69, 9.17) is 0 Å². The van der Waals surface area contributed by atoms with Gasteiger partial charge in [0.1, 0.15) is 11.6 Å². The molecule has 0 fully saturated rings. The second kappa shape index (κ2) is 5.17. The first-order valence-corrected chi connectivity index (χ1v) is 6.07. The maximum atomic E-state index is 13.6. The zero-order valence-electron chi connectivity index (χ0n) is 10.4. The molecule has 0 saturated heterocycles. The number of benzene rings is 2. The quantitative estimate of drug-likeness (QED) is 0.699. The smallest absolute Gasteiger partial charge is 0.132 e. The van der Waals surface area contributed by atoms with Gasteiger partial charge in [0.05, 0.1) is 23.8 Å². The molecule has 3 rings (SSSR count). The van der Waals surface area contributed by atoms with Crippen LogP contribution in [0.15, 0.2) is 60.9 Å². The highest BCUT2D eigenvalue weighted by molar-refractivity contribution is 5.63. The molecule has 3 aromatic rings. The Morgan fingerprint density at radius 2 is 1.00 bits per heavy atom. The van der Waals surface area contributed by atoms with Gasteiger partial charge in [0.25, 0.3) is 0 Å². The summed E-state index contributed by atoms with van der Waals surface area (Å²) in [6.45, 7) is 0.